The second kappa shape index (κ2) is 12.0. The van der Waals surface area contributed by atoms with Crippen molar-refractivity contribution in [2.24, 2.45) is 11.3 Å². The predicted octanol–water partition coefficient (Wildman–Crippen LogP) is 6.16. The Kier molecular flexibility index (Phi) is 9.20. The third kappa shape index (κ3) is 6.59. The number of halogens is 2. The van der Waals surface area contributed by atoms with Gasteiger partial charge in [0.1, 0.15) is 0 Å². The van der Waals surface area contributed by atoms with Crippen LogP contribution < -0.4 is 0 Å². The van der Waals surface area contributed by atoms with Gasteiger partial charge < -0.3 is 10.0 Å². The van der Waals surface area contributed by atoms with E-state index in [4.69, 9.17) is 23.2 Å². The number of carboxylic acid groups (broad SMARTS) is 1. The molecule has 0 bridgehead atoms. The van der Waals surface area contributed by atoms with E-state index in [1.54, 1.807) is 30.0 Å². The average molecular weight is 582 g/mol. The zero-order valence-electron chi connectivity index (χ0n) is 21.6. The molecule has 2 N–H and O–H groups in total. The first-order chi connectivity index (χ1) is 18.0. The van der Waals surface area contributed by atoms with Crippen molar-refractivity contribution in [2.75, 3.05) is 13.1 Å². The Bertz CT molecular complexity index is 1190. The van der Waals surface area contributed by atoms with Crippen molar-refractivity contribution in [3.05, 3.63) is 69.7 Å². The van der Waals surface area contributed by atoms with Crippen LogP contribution in [0.2, 0.25) is 10.0 Å². The lowest BCUT2D eigenvalue weighted by atomic mass is 9.67. The smallest absolute Gasteiger partial charge is 0.304 e. The van der Waals surface area contributed by atoms with Crippen LogP contribution in [0.25, 0.3) is 0 Å². The minimum absolute atomic E-state index is 0.206. The average Bonchev–Trinajstić information content (AvgIpc) is 3.68. The van der Waals surface area contributed by atoms with Crippen LogP contribution in [0, 0.1) is 11.3 Å². The molecule has 1 saturated heterocycles. The summed E-state index contributed by atoms with van der Waals surface area (Å²) in [6.45, 7) is 4.35. The van der Waals surface area contributed by atoms with Crippen molar-refractivity contribution in [1.82, 2.24) is 9.21 Å². The fourth-order valence-electron chi connectivity index (χ4n) is 5.72. The number of carbonyl (C=O) groups is 2. The number of hydrogen-bond donors (Lipinski definition) is 2. The minimum Gasteiger partial charge on any atom is -0.481 e. The summed E-state index contributed by atoms with van der Waals surface area (Å²) in [5.41, 5.74) is 0.596. The number of amides is 1. The molecule has 206 valence electrons. The molecule has 1 unspecified atom stereocenters. The van der Waals surface area contributed by atoms with Gasteiger partial charge in [-0.05, 0) is 67.0 Å². The Morgan fingerprint density at radius 1 is 1.16 bits per heavy atom. The van der Waals surface area contributed by atoms with Crippen LogP contribution in [0.3, 0.4) is 0 Å². The van der Waals surface area contributed by atoms with Crippen LogP contribution in [0.1, 0.15) is 69.0 Å². The van der Waals surface area contributed by atoms with Crippen molar-refractivity contribution in [3.63, 3.8) is 0 Å². The molecule has 38 heavy (non-hydrogen) atoms. The molecule has 2 aromatic rings. The Balaban J connectivity index is 1.85. The number of carboxylic acids is 1. The van der Waals surface area contributed by atoms with Crippen molar-refractivity contribution >= 4 is 46.3 Å². The molecule has 1 heterocycles. The summed E-state index contributed by atoms with van der Waals surface area (Å²) in [6.07, 6.45) is 2.57. The van der Waals surface area contributed by atoms with Gasteiger partial charge in [0.25, 0.3) is 0 Å². The van der Waals surface area contributed by atoms with E-state index in [1.165, 1.54) is 4.31 Å². The Labute approximate surface area is 236 Å². The highest BCUT2D eigenvalue weighted by atomic mass is 35.5. The summed E-state index contributed by atoms with van der Waals surface area (Å²) >= 11 is 10.4. The van der Waals surface area contributed by atoms with E-state index >= 15 is 0 Å². The molecular weight excluding hydrogens is 547 g/mol. The number of carbonyl (C=O) groups excluding carboxylic acids is 1. The summed E-state index contributed by atoms with van der Waals surface area (Å²) in [6, 6.07) is 13.9. The molecule has 5 atom stereocenters. The highest BCUT2D eigenvalue weighted by Gasteiger charge is 2.52. The third-order valence-corrected chi connectivity index (χ3v) is 9.02. The largest absolute Gasteiger partial charge is 0.481 e. The summed E-state index contributed by atoms with van der Waals surface area (Å²) in [5.74, 6) is -1.19. The number of likely N-dealkylation sites (tertiary alicyclic amines) is 1. The predicted molar refractivity (Wildman–Crippen MR) is 149 cm³/mol. The Morgan fingerprint density at radius 2 is 1.84 bits per heavy atom. The van der Waals surface area contributed by atoms with E-state index in [9.17, 15) is 23.5 Å². The fraction of sp³-hybridized carbons (Fsp3) is 0.500. The molecule has 0 radical (unpaired) electrons. The molecule has 4 rings (SSSR count). The normalized spacial score (nSPS) is 25.4. The second-order valence-corrected chi connectivity index (χ2v) is 12.6. The van der Waals surface area contributed by atoms with E-state index in [1.807, 2.05) is 37.3 Å². The van der Waals surface area contributed by atoms with Crippen LogP contribution in [0.15, 0.2) is 48.5 Å². The van der Waals surface area contributed by atoms with Gasteiger partial charge in [-0.1, -0.05) is 61.3 Å². The monoisotopic (exact) mass is 580 g/mol. The van der Waals surface area contributed by atoms with Gasteiger partial charge in [0.05, 0.1) is 17.9 Å². The fourth-order valence-corrected chi connectivity index (χ4v) is 6.68. The Morgan fingerprint density at radius 3 is 2.39 bits per heavy atom. The van der Waals surface area contributed by atoms with Gasteiger partial charge in [0.2, 0.25) is 17.2 Å². The standard InChI is InChI=1S/C28H34Cl2N2O5S/c1-3-23(17-31(38(36)37)16-18-7-8-18)32-26(19-9-11-21(29)12-10-19)24(20-5-4-6-22(30)13-20)14-28(2,27(32)35)15-25(33)34/h4-6,9-13,18,23-24,26H,3,7-8,14-17H2,1-2H3,(H,33,34)(H,36,37)/t23-,24+,26+,28+/m0/s1. The maximum atomic E-state index is 14.3. The van der Waals surface area contributed by atoms with Gasteiger partial charge in [0.15, 0.2) is 0 Å². The van der Waals surface area contributed by atoms with E-state index < -0.39 is 34.7 Å². The topological polar surface area (TPSA) is 98.2 Å². The minimum atomic E-state index is -2.19. The first kappa shape index (κ1) is 29.0. The molecule has 7 nitrogen and oxygen atoms in total. The van der Waals surface area contributed by atoms with Gasteiger partial charge in [0, 0.05) is 35.1 Å². The van der Waals surface area contributed by atoms with Crippen LogP contribution in [-0.2, 0) is 20.9 Å². The van der Waals surface area contributed by atoms with Crippen molar-refractivity contribution in [3.8, 4) is 0 Å². The molecule has 0 aromatic heterocycles. The van der Waals surface area contributed by atoms with Crippen LogP contribution in [0.5, 0.6) is 0 Å². The lowest BCUT2D eigenvalue weighted by Gasteiger charge is -2.52. The molecule has 2 fully saturated rings. The van der Waals surface area contributed by atoms with E-state index in [2.05, 4.69) is 0 Å². The number of nitrogens with zero attached hydrogens (tertiary/aromatic N) is 2. The zero-order chi connectivity index (χ0) is 27.6. The van der Waals surface area contributed by atoms with E-state index in [0.717, 1.165) is 24.0 Å². The molecular formula is C28H34Cl2N2O5S. The van der Waals surface area contributed by atoms with Gasteiger partial charge >= 0.3 is 5.97 Å². The third-order valence-electron chi connectivity index (χ3n) is 7.79. The molecule has 1 saturated carbocycles. The highest BCUT2D eigenvalue weighted by molar-refractivity contribution is 7.76. The van der Waals surface area contributed by atoms with Gasteiger partial charge in [-0.15, -0.1) is 0 Å². The number of hydrogen-bond acceptors (Lipinski definition) is 3. The molecule has 1 aliphatic heterocycles. The number of aliphatic carboxylic acids is 1. The maximum Gasteiger partial charge on any atom is 0.304 e. The summed E-state index contributed by atoms with van der Waals surface area (Å²) < 4.78 is 23.9. The van der Waals surface area contributed by atoms with Crippen LogP contribution >= 0.6 is 23.2 Å². The van der Waals surface area contributed by atoms with E-state index in [-0.39, 0.29) is 24.8 Å². The quantitative estimate of drug-likeness (QED) is 0.310. The van der Waals surface area contributed by atoms with Crippen LogP contribution in [0.4, 0.5) is 0 Å². The zero-order valence-corrected chi connectivity index (χ0v) is 23.9. The Hall–Kier alpha value is -1.97. The van der Waals surface area contributed by atoms with Gasteiger partial charge in [-0.25, -0.2) is 4.21 Å². The maximum absolute atomic E-state index is 14.3. The van der Waals surface area contributed by atoms with Gasteiger partial charge in [-0.3, -0.25) is 14.1 Å². The molecule has 2 aliphatic rings. The van der Waals surface area contributed by atoms with Crippen molar-refractivity contribution in [2.45, 2.75) is 64.0 Å². The molecule has 10 heteroatoms. The number of piperidine rings is 1. The molecule has 0 spiro atoms. The highest BCUT2D eigenvalue weighted by Crippen LogP contribution is 2.52. The van der Waals surface area contributed by atoms with Crippen molar-refractivity contribution in [1.29, 1.82) is 0 Å². The van der Waals surface area contributed by atoms with Crippen LogP contribution in [-0.4, -0.2) is 54.1 Å². The second-order valence-electron chi connectivity index (χ2n) is 10.8. The first-order valence-electron chi connectivity index (χ1n) is 12.9. The summed E-state index contributed by atoms with van der Waals surface area (Å²) in [7, 11) is 0. The first-order valence-corrected chi connectivity index (χ1v) is 14.8. The number of rotatable bonds is 11. The van der Waals surface area contributed by atoms with Crippen molar-refractivity contribution < 1.29 is 23.5 Å². The lowest BCUT2D eigenvalue weighted by molar-refractivity contribution is -0.160. The SMILES string of the molecule is CC[C@@H](CN(CC1CC1)S(=O)O)N1C(=O)[C@@](C)(CC(=O)O)C[C@H](c2cccc(Cl)c2)[C@H]1c1ccc(Cl)cc1. The summed E-state index contributed by atoms with van der Waals surface area (Å²) in [4.78, 5) is 28.1. The molecule has 2 aromatic carbocycles. The van der Waals surface area contributed by atoms with E-state index in [0.29, 0.717) is 35.3 Å². The number of benzene rings is 2. The molecule has 1 amide bonds. The van der Waals surface area contributed by atoms with Gasteiger partial charge in [-0.2, -0.15) is 4.31 Å². The lowest BCUT2D eigenvalue weighted by Crippen LogP contribution is -2.58. The molecule has 1 aliphatic carbocycles. The summed E-state index contributed by atoms with van der Waals surface area (Å²) in [5, 5.41) is 10.9.